The molecular weight excluding hydrogens is 232 g/mol. The van der Waals surface area contributed by atoms with Crippen LogP contribution in [0.15, 0.2) is 24.3 Å². The van der Waals surface area contributed by atoms with E-state index in [1.54, 1.807) is 19.2 Å². The van der Waals surface area contributed by atoms with Crippen LogP contribution in [0.1, 0.15) is 10.4 Å². The fourth-order valence-corrected chi connectivity index (χ4v) is 1.58. The van der Waals surface area contributed by atoms with Crippen molar-refractivity contribution >= 4 is 17.6 Å². The van der Waals surface area contributed by atoms with Crippen LogP contribution in [0.3, 0.4) is 0 Å². The molecular formula is C13H18N2O3. The smallest absolute Gasteiger partial charge is 0.325 e. The van der Waals surface area contributed by atoms with Gasteiger partial charge in [0, 0.05) is 26.8 Å². The number of anilines is 1. The third-order valence-electron chi connectivity index (χ3n) is 2.56. The molecule has 0 saturated heterocycles. The molecule has 0 saturated carbocycles. The maximum atomic E-state index is 12.2. The molecule has 5 nitrogen and oxygen atoms in total. The van der Waals surface area contributed by atoms with E-state index in [0.717, 1.165) is 5.69 Å². The van der Waals surface area contributed by atoms with Gasteiger partial charge < -0.3 is 14.5 Å². The number of hydrogen-bond donors (Lipinski definition) is 0. The number of methoxy groups -OCH3 is 1. The Balaban J connectivity index is 2.93. The van der Waals surface area contributed by atoms with Crippen LogP contribution in [-0.2, 0) is 9.53 Å². The molecule has 1 amide bonds. The maximum absolute atomic E-state index is 12.2. The summed E-state index contributed by atoms with van der Waals surface area (Å²) >= 11 is 0. The van der Waals surface area contributed by atoms with Crippen molar-refractivity contribution in [1.29, 1.82) is 0 Å². The number of nitrogens with zero attached hydrogens (tertiary/aromatic N) is 2. The Morgan fingerprint density at radius 1 is 1.17 bits per heavy atom. The molecule has 0 heterocycles. The summed E-state index contributed by atoms with van der Waals surface area (Å²) in [5.41, 5.74) is 1.38. The second kappa shape index (κ2) is 6.05. The summed E-state index contributed by atoms with van der Waals surface area (Å²) in [6.45, 7) is -0.0584. The largest absolute Gasteiger partial charge is 0.468 e. The lowest BCUT2D eigenvalue weighted by Gasteiger charge is -2.21. The standard InChI is InChI=1S/C13H18N2O3/c1-14(2)11-8-6-5-7-10(11)13(17)15(3)9-12(16)18-4/h5-8H,9H2,1-4H3. The maximum Gasteiger partial charge on any atom is 0.325 e. The van der Waals surface area contributed by atoms with Gasteiger partial charge in [-0.15, -0.1) is 0 Å². The highest BCUT2D eigenvalue weighted by Gasteiger charge is 2.18. The van der Waals surface area contributed by atoms with Crippen LogP contribution < -0.4 is 4.90 Å². The molecule has 5 heteroatoms. The van der Waals surface area contributed by atoms with Crippen molar-refractivity contribution in [3.63, 3.8) is 0 Å². The van der Waals surface area contributed by atoms with E-state index in [2.05, 4.69) is 4.74 Å². The van der Waals surface area contributed by atoms with E-state index in [1.165, 1.54) is 12.0 Å². The third-order valence-corrected chi connectivity index (χ3v) is 2.56. The van der Waals surface area contributed by atoms with E-state index in [4.69, 9.17) is 0 Å². The van der Waals surface area contributed by atoms with Crippen molar-refractivity contribution in [3.05, 3.63) is 29.8 Å². The molecule has 0 spiro atoms. The average molecular weight is 250 g/mol. The summed E-state index contributed by atoms with van der Waals surface area (Å²) in [6.07, 6.45) is 0. The SMILES string of the molecule is COC(=O)CN(C)C(=O)c1ccccc1N(C)C. The van der Waals surface area contributed by atoms with Crippen molar-refractivity contribution in [2.24, 2.45) is 0 Å². The molecule has 0 aromatic heterocycles. The molecule has 0 unspecified atom stereocenters. The molecule has 1 aromatic rings. The number of likely N-dealkylation sites (N-methyl/N-ethyl adjacent to an activating group) is 1. The molecule has 1 rings (SSSR count). The average Bonchev–Trinajstić information content (AvgIpc) is 2.37. The van der Waals surface area contributed by atoms with Crippen LogP contribution >= 0.6 is 0 Å². The lowest BCUT2D eigenvalue weighted by Crippen LogP contribution is -2.33. The highest BCUT2D eigenvalue weighted by Crippen LogP contribution is 2.19. The first kappa shape index (κ1) is 14.0. The summed E-state index contributed by atoms with van der Waals surface area (Å²) in [7, 11) is 6.61. The lowest BCUT2D eigenvalue weighted by atomic mass is 10.1. The Hall–Kier alpha value is -2.04. The Morgan fingerprint density at radius 3 is 2.33 bits per heavy atom. The van der Waals surface area contributed by atoms with Gasteiger partial charge in [0.1, 0.15) is 6.54 Å². The monoisotopic (exact) mass is 250 g/mol. The second-order valence-electron chi connectivity index (χ2n) is 4.15. The summed E-state index contributed by atoms with van der Waals surface area (Å²) in [4.78, 5) is 26.6. The third kappa shape index (κ3) is 3.23. The first-order valence-electron chi connectivity index (χ1n) is 5.56. The van der Waals surface area contributed by atoms with Crippen molar-refractivity contribution in [3.8, 4) is 0 Å². The van der Waals surface area contributed by atoms with Crippen molar-refractivity contribution < 1.29 is 14.3 Å². The van der Waals surface area contributed by atoms with E-state index >= 15 is 0 Å². The van der Waals surface area contributed by atoms with E-state index in [-0.39, 0.29) is 12.5 Å². The van der Waals surface area contributed by atoms with Crippen LogP contribution in [0.25, 0.3) is 0 Å². The summed E-state index contributed by atoms with van der Waals surface area (Å²) in [6, 6.07) is 7.27. The van der Waals surface area contributed by atoms with Gasteiger partial charge in [-0.2, -0.15) is 0 Å². The fraction of sp³-hybridized carbons (Fsp3) is 0.385. The second-order valence-corrected chi connectivity index (χ2v) is 4.15. The zero-order valence-corrected chi connectivity index (χ0v) is 11.1. The van der Waals surface area contributed by atoms with Gasteiger partial charge in [-0.25, -0.2) is 0 Å². The topological polar surface area (TPSA) is 49.9 Å². The Morgan fingerprint density at radius 2 is 1.78 bits per heavy atom. The number of carbonyl (C=O) groups excluding carboxylic acids is 2. The highest BCUT2D eigenvalue weighted by atomic mass is 16.5. The van der Waals surface area contributed by atoms with Crippen molar-refractivity contribution in [2.75, 3.05) is 39.7 Å². The van der Waals surface area contributed by atoms with Gasteiger partial charge >= 0.3 is 5.97 Å². The molecule has 0 N–H and O–H groups in total. The number of benzene rings is 1. The van der Waals surface area contributed by atoms with E-state index in [0.29, 0.717) is 5.56 Å². The van der Waals surface area contributed by atoms with Crippen LogP contribution in [-0.4, -0.2) is 51.6 Å². The number of rotatable bonds is 4. The first-order valence-corrected chi connectivity index (χ1v) is 5.56. The highest BCUT2D eigenvalue weighted by molar-refractivity contribution is 6.00. The number of esters is 1. The number of carbonyl (C=O) groups is 2. The zero-order chi connectivity index (χ0) is 13.7. The fourth-order valence-electron chi connectivity index (χ4n) is 1.58. The first-order chi connectivity index (χ1) is 8.47. The van der Waals surface area contributed by atoms with E-state index < -0.39 is 5.97 Å². The molecule has 1 aromatic carbocycles. The zero-order valence-electron chi connectivity index (χ0n) is 11.1. The van der Waals surface area contributed by atoms with Gasteiger partial charge in [-0.3, -0.25) is 9.59 Å². The summed E-state index contributed by atoms with van der Waals surface area (Å²) < 4.78 is 4.54. The molecule has 0 aliphatic rings. The van der Waals surface area contributed by atoms with E-state index in [1.807, 2.05) is 31.1 Å². The predicted molar refractivity (Wildman–Crippen MR) is 69.7 cm³/mol. The van der Waals surface area contributed by atoms with Gasteiger partial charge in [-0.1, -0.05) is 12.1 Å². The minimum absolute atomic E-state index is 0.0584. The normalized spacial score (nSPS) is 9.78. The number of hydrogen-bond acceptors (Lipinski definition) is 4. The minimum atomic E-state index is -0.437. The van der Waals surface area contributed by atoms with Crippen molar-refractivity contribution in [2.45, 2.75) is 0 Å². The number of para-hydroxylation sites is 1. The molecule has 0 aliphatic carbocycles. The quantitative estimate of drug-likeness (QED) is 0.748. The molecule has 0 fully saturated rings. The minimum Gasteiger partial charge on any atom is -0.468 e. The number of amides is 1. The van der Waals surface area contributed by atoms with Crippen molar-refractivity contribution in [1.82, 2.24) is 4.90 Å². The Labute approximate surface area is 107 Å². The van der Waals surface area contributed by atoms with Crippen LogP contribution in [0.2, 0.25) is 0 Å². The lowest BCUT2D eigenvalue weighted by molar-refractivity contribution is -0.141. The molecule has 0 radical (unpaired) electrons. The predicted octanol–water partition coefficient (Wildman–Crippen LogP) is 0.998. The summed E-state index contributed by atoms with van der Waals surface area (Å²) in [5.74, 6) is -0.641. The van der Waals surface area contributed by atoms with Gasteiger partial charge in [0.2, 0.25) is 0 Å². The Kier molecular flexibility index (Phi) is 4.71. The van der Waals surface area contributed by atoms with Gasteiger partial charge in [0.15, 0.2) is 0 Å². The molecule has 18 heavy (non-hydrogen) atoms. The van der Waals surface area contributed by atoms with Gasteiger partial charge in [0.25, 0.3) is 5.91 Å². The summed E-state index contributed by atoms with van der Waals surface area (Å²) in [5, 5.41) is 0. The van der Waals surface area contributed by atoms with Crippen LogP contribution in [0.4, 0.5) is 5.69 Å². The van der Waals surface area contributed by atoms with E-state index in [9.17, 15) is 9.59 Å². The molecule has 0 atom stereocenters. The van der Waals surface area contributed by atoms with Crippen LogP contribution in [0.5, 0.6) is 0 Å². The van der Waals surface area contributed by atoms with Gasteiger partial charge in [0.05, 0.1) is 12.7 Å². The molecule has 98 valence electrons. The van der Waals surface area contributed by atoms with Gasteiger partial charge in [-0.05, 0) is 12.1 Å². The molecule has 0 bridgehead atoms. The Bertz CT molecular complexity index is 444. The van der Waals surface area contributed by atoms with Crippen LogP contribution in [0, 0.1) is 0 Å². The number of ether oxygens (including phenoxy) is 1. The molecule has 0 aliphatic heterocycles.